The maximum absolute atomic E-state index is 16.7. The number of aromatic nitrogens is 2. The molecular weight excluding hydrogens is 597 g/mol. The molecule has 3 aliphatic heterocycles. The number of fused-ring (bicyclic) bond motifs is 3. The SMILES string of the molecule is CC1(O)COCCN(c2nc(OC[C@@]34CCCN3C[C@H](F)C4)nc3c(F)c(-c4cc(O)cc5ccc(F)c(Cl)c45)ccc23)C1. The van der Waals surface area contributed by atoms with Crippen molar-refractivity contribution in [1.29, 1.82) is 0 Å². The Balaban J connectivity index is 1.38. The number of hydrogen-bond acceptors (Lipinski definition) is 8. The molecule has 0 radical (unpaired) electrons. The molecule has 12 heteroatoms. The molecule has 4 heterocycles. The van der Waals surface area contributed by atoms with Crippen molar-refractivity contribution >= 4 is 39.1 Å². The van der Waals surface area contributed by atoms with E-state index in [1.807, 2.05) is 4.90 Å². The molecule has 8 nitrogen and oxygen atoms in total. The highest BCUT2D eigenvalue weighted by Gasteiger charge is 2.49. The molecular formula is C32H32ClF3N4O4. The lowest BCUT2D eigenvalue weighted by atomic mass is 9.95. The molecule has 232 valence electrons. The summed E-state index contributed by atoms with van der Waals surface area (Å²) in [5.41, 5.74) is -1.49. The number of hydrogen-bond donors (Lipinski definition) is 2. The Labute approximate surface area is 257 Å². The maximum Gasteiger partial charge on any atom is 0.319 e. The number of phenolic OH excluding ortho intramolecular Hbond substituents is 1. The highest BCUT2D eigenvalue weighted by Crippen LogP contribution is 2.43. The van der Waals surface area contributed by atoms with Crippen molar-refractivity contribution in [2.75, 3.05) is 50.9 Å². The summed E-state index contributed by atoms with van der Waals surface area (Å²) in [6.07, 6.45) is 1.11. The van der Waals surface area contributed by atoms with Crippen LogP contribution in [-0.2, 0) is 4.74 Å². The first-order valence-electron chi connectivity index (χ1n) is 14.7. The molecule has 0 saturated carbocycles. The van der Waals surface area contributed by atoms with Crippen LogP contribution in [0.25, 0.3) is 32.8 Å². The van der Waals surface area contributed by atoms with E-state index in [9.17, 15) is 19.0 Å². The molecule has 7 rings (SSSR count). The Bertz CT molecular complexity index is 1780. The van der Waals surface area contributed by atoms with Gasteiger partial charge in [0, 0.05) is 35.8 Å². The number of ether oxygens (including phenoxy) is 2. The summed E-state index contributed by atoms with van der Waals surface area (Å²) in [7, 11) is 0. The largest absolute Gasteiger partial charge is 0.508 e. The fraction of sp³-hybridized carbons (Fsp3) is 0.438. The smallest absolute Gasteiger partial charge is 0.319 e. The molecule has 3 fully saturated rings. The second kappa shape index (κ2) is 10.9. The summed E-state index contributed by atoms with van der Waals surface area (Å²) >= 11 is 6.36. The van der Waals surface area contributed by atoms with E-state index in [1.54, 1.807) is 13.0 Å². The number of rotatable bonds is 5. The van der Waals surface area contributed by atoms with E-state index in [4.69, 9.17) is 26.1 Å². The average Bonchev–Trinajstić information content (AvgIpc) is 3.43. The van der Waals surface area contributed by atoms with Crippen molar-refractivity contribution in [3.05, 3.63) is 53.1 Å². The van der Waals surface area contributed by atoms with Crippen molar-refractivity contribution in [3.8, 4) is 22.9 Å². The molecule has 3 atom stereocenters. The van der Waals surface area contributed by atoms with E-state index < -0.39 is 28.9 Å². The van der Waals surface area contributed by atoms with Crippen molar-refractivity contribution in [2.45, 2.75) is 43.5 Å². The summed E-state index contributed by atoms with van der Waals surface area (Å²) in [4.78, 5) is 13.1. The van der Waals surface area contributed by atoms with E-state index in [1.165, 1.54) is 30.3 Å². The number of benzene rings is 3. The van der Waals surface area contributed by atoms with Gasteiger partial charge in [0.25, 0.3) is 0 Å². The molecule has 3 aromatic carbocycles. The van der Waals surface area contributed by atoms with Gasteiger partial charge in [-0.05, 0) is 61.5 Å². The molecule has 0 bridgehead atoms. The lowest BCUT2D eigenvalue weighted by Crippen LogP contribution is -2.44. The molecule has 0 spiro atoms. The first-order valence-corrected chi connectivity index (χ1v) is 15.1. The Morgan fingerprint density at radius 2 is 1.98 bits per heavy atom. The highest BCUT2D eigenvalue weighted by atomic mass is 35.5. The van der Waals surface area contributed by atoms with Gasteiger partial charge in [-0.3, -0.25) is 4.90 Å². The minimum atomic E-state index is -1.20. The third kappa shape index (κ3) is 5.09. The van der Waals surface area contributed by atoms with Crippen LogP contribution in [0.2, 0.25) is 5.02 Å². The van der Waals surface area contributed by atoms with Crippen molar-refractivity contribution in [1.82, 2.24) is 14.9 Å². The van der Waals surface area contributed by atoms with Gasteiger partial charge in [-0.1, -0.05) is 23.7 Å². The second-order valence-electron chi connectivity index (χ2n) is 12.4. The van der Waals surface area contributed by atoms with E-state index >= 15 is 4.39 Å². The van der Waals surface area contributed by atoms with E-state index in [-0.39, 0.29) is 58.6 Å². The van der Waals surface area contributed by atoms with Crippen LogP contribution in [0.4, 0.5) is 19.0 Å². The Morgan fingerprint density at radius 3 is 2.82 bits per heavy atom. The number of phenols is 1. The van der Waals surface area contributed by atoms with Gasteiger partial charge in [-0.25, -0.2) is 13.2 Å². The average molecular weight is 629 g/mol. The van der Waals surface area contributed by atoms with Gasteiger partial charge in [0.2, 0.25) is 0 Å². The number of halogens is 4. The molecule has 0 amide bonds. The minimum Gasteiger partial charge on any atom is -0.508 e. The number of aliphatic hydroxyl groups is 1. The Morgan fingerprint density at radius 1 is 1.14 bits per heavy atom. The summed E-state index contributed by atoms with van der Waals surface area (Å²) in [6.45, 7) is 3.92. The zero-order valence-electron chi connectivity index (χ0n) is 24.1. The number of aromatic hydroxyl groups is 1. The van der Waals surface area contributed by atoms with Crippen molar-refractivity contribution in [3.63, 3.8) is 0 Å². The zero-order valence-corrected chi connectivity index (χ0v) is 24.9. The van der Waals surface area contributed by atoms with Crippen LogP contribution in [0.3, 0.4) is 0 Å². The standard InChI is InChI=1S/C32H32ClF3N4O4/c1-31(42)15-39(9-10-43-16-31)29-22-5-4-21(23-12-20(41)11-18-3-6-24(35)26(33)25(18)23)27(36)28(22)37-30(38-29)44-17-32-7-2-8-40(32)14-19(34)13-32/h3-6,11-12,19,41-42H,2,7-10,13-17H2,1H3/t19-,31?,32+/m1/s1. The lowest BCUT2D eigenvalue weighted by molar-refractivity contribution is -0.0123. The molecule has 3 saturated heterocycles. The van der Waals surface area contributed by atoms with Crippen LogP contribution in [0.15, 0.2) is 36.4 Å². The van der Waals surface area contributed by atoms with Crippen LogP contribution in [-0.4, -0.2) is 88.4 Å². The maximum atomic E-state index is 16.7. The molecule has 0 aliphatic carbocycles. The van der Waals surface area contributed by atoms with E-state index in [0.29, 0.717) is 42.7 Å². The molecule has 1 unspecified atom stereocenters. The lowest BCUT2D eigenvalue weighted by Gasteiger charge is -2.31. The first kappa shape index (κ1) is 29.3. The van der Waals surface area contributed by atoms with Gasteiger partial charge in [-0.2, -0.15) is 9.97 Å². The zero-order chi connectivity index (χ0) is 30.8. The van der Waals surface area contributed by atoms with Gasteiger partial charge in [0.15, 0.2) is 5.82 Å². The van der Waals surface area contributed by atoms with E-state index in [2.05, 4.69) is 9.88 Å². The molecule has 2 N–H and O–H groups in total. The number of β-amino-alcohol motifs (C(OH)–C–C–N with tert-alkyl or cyclic N) is 1. The van der Waals surface area contributed by atoms with Crippen molar-refractivity contribution in [2.24, 2.45) is 0 Å². The van der Waals surface area contributed by atoms with Gasteiger partial charge in [0.05, 0.1) is 30.3 Å². The second-order valence-corrected chi connectivity index (χ2v) is 12.8. The van der Waals surface area contributed by atoms with Gasteiger partial charge in [-0.15, -0.1) is 0 Å². The normalized spacial score (nSPS) is 26.0. The highest BCUT2D eigenvalue weighted by molar-refractivity contribution is 6.37. The fourth-order valence-corrected chi connectivity index (χ4v) is 7.34. The Kier molecular flexibility index (Phi) is 7.27. The topological polar surface area (TPSA) is 91.2 Å². The summed E-state index contributed by atoms with van der Waals surface area (Å²) in [5.74, 6) is -1.21. The molecule has 3 aliphatic rings. The van der Waals surface area contributed by atoms with E-state index in [0.717, 1.165) is 19.4 Å². The Hall–Kier alpha value is -3.38. The third-order valence-electron chi connectivity index (χ3n) is 9.03. The number of nitrogens with zero attached hydrogens (tertiary/aromatic N) is 4. The fourth-order valence-electron chi connectivity index (χ4n) is 7.06. The number of alkyl halides is 1. The first-order chi connectivity index (χ1) is 21.0. The molecule has 1 aromatic heterocycles. The van der Waals surface area contributed by atoms with Crippen LogP contribution >= 0.6 is 11.6 Å². The summed E-state index contributed by atoms with van der Waals surface area (Å²) < 4.78 is 57.4. The van der Waals surface area contributed by atoms with Gasteiger partial charge < -0.3 is 24.6 Å². The predicted octanol–water partition coefficient (Wildman–Crippen LogP) is 5.63. The quantitative estimate of drug-likeness (QED) is 0.294. The van der Waals surface area contributed by atoms with Gasteiger partial charge in [0.1, 0.15) is 41.3 Å². The van der Waals surface area contributed by atoms with Crippen LogP contribution in [0, 0.1) is 11.6 Å². The monoisotopic (exact) mass is 628 g/mol. The summed E-state index contributed by atoms with van der Waals surface area (Å²) in [6, 6.07) is 8.51. The third-order valence-corrected chi connectivity index (χ3v) is 9.40. The van der Waals surface area contributed by atoms with Crippen LogP contribution in [0.1, 0.15) is 26.2 Å². The predicted molar refractivity (Wildman–Crippen MR) is 161 cm³/mol. The minimum absolute atomic E-state index is 0.0457. The summed E-state index contributed by atoms with van der Waals surface area (Å²) in [5, 5.41) is 22.2. The van der Waals surface area contributed by atoms with Crippen molar-refractivity contribution < 1.29 is 32.9 Å². The van der Waals surface area contributed by atoms with Crippen LogP contribution < -0.4 is 9.64 Å². The molecule has 4 aromatic rings. The molecule has 44 heavy (non-hydrogen) atoms. The number of anilines is 1. The van der Waals surface area contributed by atoms with Gasteiger partial charge >= 0.3 is 6.01 Å². The van der Waals surface area contributed by atoms with Crippen LogP contribution in [0.5, 0.6) is 11.8 Å².